The molecule has 4 saturated heterocycles. The molecule has 2 aromatic heterocycles. The van der Waals surface area contributed by atoms with E-state index in [0.717, 1.165) is 78.4 Å². The Morgan fingerprint density at radius 3 is 1.49 bits per heavy atom. The van der Waals surface area contributed by atoms with Gasteiger partial charge in [-0.1, -0.05) is 28.9 Å². The van der Waals surface area contributed by atoms with Gasteiger partial charge < -0.3 is 29.8 Å². The Bertz CT molecular complexity index is 1430. The fraction of sp³-hybridized carbons (Fsp3) is 0.722. The van der Waals surface area contributed by atoms with Crippen LogP contribution in [0.4, 0.5) is 27.8 Å². The lowest BCUT2D eigenvalue weighted by Gasteiger charge is -2.40. The smallest absolute Gasteiger partial charge is 0.238 e. The molecule has 4 aliphatic rings. The number of aromatic nitrogens is 4. The van der Waals surface area contributed by atoms with E-state index in [1.165, 1.54) is 116 Å². The van der Waals surface area contributed by atoms with Gasteiger partial charge in [0.05, 0.1) is 0 Å². The molecule has 0 radical (unpaired) electrons. The van der Waals surface area contributed by atoms with Gasteiger partial charge in [0.15, 0.2) is 0 Å². The largest absolute Gasteiger partial charge is 0.371 e. The number of hydrogen-bond acceptors (Lipinski definition) is 12. The van der Waals surface area contributed by atoms with E-state index in [0.29, 0.717) is 0 Å². The number of aryl methyl sites for hydroxylation is 1. The number of anilines is 5. The molecule has 4 aliphatic heterocycles. The normalized spacial score (nSPS) is 20.3. The van der Waals surface area contributed by atoms with Crippen molar-refractivity contribution in [2.24, 2.45) is 23.7 Å². The van der Waals surface area contributed by atoms with E-state index >= 15 is 0 Å². The standard InChI is InChI=1S/C22H32BrN5S.C14H25N5S/c1-4-16-5-6-19(15-20(16)23)27-11-7-17(8-12-27)18-9-13-28(14-10-18)22-24-21(25-29-22)26(2)3;1-18(2)13-16-14(20-17-13)19-9-5-12(6-10-19)11-3-7-15-8-4-11/h5-6,15,17-18H,4,7-14H2,1-3H3;11-12,15H,3-10H2,1-2H3. The number of benzene rings is 1. The lowest BCUT2D eigenvalue weighted by atomic mass is 9.79. The number of rotatable bonds is 8. The second-order valence-electron chi connectivity index (χ2n) is 14.7. The predicted molar refractivity (Wildman–Crippen MR) is 212 cm³/mol. The fourth-order valence-corrected chi connectivity index (χ4v) is 10.3. The average Bonchev–Trinajstić information content (AvgIpc) is 3.85. The summed E-state index contributed by atoms with van der Waals surface area (Å²) < 4.78 is 10.1. The lowest BCUT2D eigenvalue weighted by Crippen LogP contribution is -2.41. The Kier molecular flexibility index (Phi) is 12.9. The van der Waals surface area contributed by atoms with Crippen LogP contribution in [0.1, 0.15) is 63.9 Å². The van der Waals surface area contributed by atoms with E-state index in [9.17, 15) is 0 Å². The minimum absolute atomic E-state index is 0.832. The highest BCUT2D eigenvalue weighted by Crippen LogP contribution is 2.37. The monoisotopic (exact) mass is 772 g/mol. The van der Waals surface area contributed by atoms with Crippen LogP contribution in [0.15, 0.2) is 22.7 Å². The summed E-state index contributed by atoms with van der Waals surface area (Å²) in [4.78, 5) is 20.7. The van der Waals surface area contributed by atoms with Gasteiger partial charge in [0, 0.05) is 101 Å². The van der Waals surface area contributed by atoms with Crippen molar-refractivity contribution in [3.63, 3.8) is 0 Å². The summed E-state index contributed by atoms with van der Waals surface area (Å²) in [5.41, 5.74) is 2.76. The molecule has 3 aromatic rings. The highest BCUT2D eigenvalue weighted by Gasteiger charge is 2.31. The van der Waals surface area contributed by atoms with Gasteiger partial charge in [-0.05, 0) is 112 Å². The van der Waals surface area contributed by atoms with E-state index in [1.54, 1.807) is 0 Å². The Morgan fingerprint density at radius 2 is 1.10 bits per heavy atom. The van der Waals surface area contributed by atoms with Crippen LogP contribution in [-0.4, -0.2) is 99.3 Å². The molecule has 7 rings (SSSR count). The number of nitrogens with zero attached hydrogens (tertiary/aromatic N) is 9. The predicted octanol–water partition coefficient (Wildman–Crippen LogP) is 6.88. The lowest BCUT2D eigenvalue weighted by molar-refractivity contribution is 0.222. The molecule has 0 bridgehead atoms. The molecule has 49 heavy (non-hydrogen) atoms. The third-order valence-electron chi connectivity index (χ3n) is 11.3. The summed E-state index contributed by atoms with van der Waals surface area (Å²) in [6, 6.07) is 6.88. The molecular formula is C36H57BrN10S2. The molecule has 6 heterocycles. The number of piperidine rings is 4. The van der Waals surface area contributed by atoms with Gasteiger partial charge in [0.1, 0.15) is 0 Å². The van der Waals surface area contributed by atoms with Crippen LogP contribution < -0.4 is 29.8 Å². The SMILES string of the molecule is CCc1ccc(N2CCC(C3CCN(c4nc(N(C)C)ns4)CC3)CC2)cc1Br.CN(C)c1nsc(N2CCC(C3CCNCC3)CC2)n1. The minimum atomic E-state index is 0.832. The molecule has 4 fully saturated rings. The summed E-state index contributed by atoms with van der Waals surface area (Å²) in [5.74, 6) is 5.28. The van der Waals surface area contributed by atoms with Crippen LogP contribution in [0.3, 0.4) is 0 Å². The summed E-state index contributed by atoms with van der Waals surface area (Å²) >= 11 is 6.81. The molecular weight excluding hydrogens is 717 g/mol. The van der Waals surface area contributed by atoms with Gasteiger partial charge >= 0.3 is 0 Å². The zero-order valence-electron chi connectivity index (χ0n) is 30.3. The van der Waals surface area contributed by atoms with Crippen molar-refractivity contribution in [3.8, 4) is 0 Å². The van der Waals surface area contributed by atoms with Gasteiger partial charge in [-0.15, -0.1) is 0 Å². The molecule has 1 N–H and O–H groups in total. The van der Waals surface area contributed by atoms with Crippen LogP contribution >= 0.6 is 39.0 Å². The molecule has 270 valence electrons. The van der Waals surface area contributed by atoms with E-state index in [4.69, 9.17) is 0 Å². The molecule has 13 heteroatoms. The van der Waals surface area contributed by atoms with Crippen LogP contribution in [-0.2, 0) is 6.42 Å². The maximum atomic E-state index is 4.68. The fourth-order valence-electron chi connectivity index (χ4n) is 8.12. The minimum Gasteiger partial charge on any atom is -0.371 e. The van der Waals surface area contributed by atoms with Crippen molar-refractivity contribution in [2.75, 3.05) is 105 Å². The van der Waals surface area contributed by atoms with Crippen molar-refractivity contribution in [1.82, 2.24) is 24.0 Å². The van der Waals surface area contributed by atoms with E-state index in [-0.39, 0.29) is 0 Å². The Labute approximate surface area is 311 Å². The van der Waals surface area contributed by atoms with Crippen molar-refractivity contribution < 1.29 is 0 Å². The van der Waals surface area contributed by atoms with Gasteiger partial charge in [0.2, 0.25) is 22.2 Å². The highest BCUT2D eigenvalue weighted by atomic mass is 79.9. The summed E-state index contributed by atoms with van der Waals surface area (Å²) in [7, 11) is 7.99. The van der Waals surface area contributed by atoms with Gasteiger partial charge in [-0.25, -0.2) is 0 Å². The molecule has 10 nitrogen and oxygen atoms in total. The second kappa shape index (κ2) is 17.3. The Balaban J connectivity index is 0.000000182. The Morgan fingerprint density at radius 1 is 0.673 bits per heavy atom. The first-order valence-corrected chi connectivity index (χ1v) is 20.9. The molecule has 0 spiro atoms. The molecule has 0 aliphatic carbocycles. The summed E-state index contributed by atoms with van der Waals surface area (Å²) in [5, 5.41) is 5.65. The van der Waals surface area contributed by atoms with E-state index in [2.05, 4.69) is 79.8 Å². The summed E-state index contributed by atoms with van der Waals surface area (Å²) in [6.07, 6.45) is 11.7. The van der Waals surface area contributed by atoms with Crippen LogP contribution in [0.5, 0.6) is 0 Å². The van der Waals surface area contributed by atoms with Crippen LogP contribution in [0, 0.1) is 23.7 Å². The maximum absolute atomic E-state index is 4.68. The Hall–Kier alpha value is -2.22. The van der Waals surface area contributed by atoms with Gasteiger partial charge in [0.25, 0.3) is 0 Å². The first kappa shape index (κ1) is 36.6. The average molecular weight is 774 g/mol. The maximum Gasteiger partial charge on any atom is 0.238 e. The molecule has 1 aromatic carbocycles. The van der Waals surface area contributed by atoms with Gasteiger partial charge in [-0.2, -0.15) is 18.7 Å². The first-order valence-electron chi connectivity index (χ1n) is 18.5. The second-order valence-corrected chi connectivity index (χ2v) is 17.0. The number of nitrogens with one attached hydrogen (secondary N) is 1. The van der Waals surface area contributed by atoms with E-state index in [1.807, 2.05) is 38.0 Å². The molecule has 0 saturated carbocycles. The zero-order valence-corrected chi connectivity index (χ0v) is 33.5. The quantitative estimate of drug-likeness (QED) is 0.262. The molecule has 0 atom stereocenters. The third kappa shape index (κ3) is 9.37. The van der Waals surface area contributed by atoms with Crippen molar-refractivity contribution in [3.05, 3.63) is 28.2 Å². The third-order valence-corrected chi connectivity index (χ3v) is 13.5. The van der Waals surface area contributed by atoms with Crippen molar-refractivity contribution >= 4 is 66.8 Å². The highest BCUT2D eigenvalue weighted by molar-refractivity contribution is 9.10. The number of halogens is 1. The zero-order chi connectivity index (χ0) is 34.3. The molecule has 0 amide bonds. The first-order chi connectivity index (χ1) is 23.8. The molecule has 0 unspecified atom stereocenters. The summed E-state index contributed by atoms with van der Waals surface area (Å²) in [6.45, 7) is 11.6. The van der Waals surface area contributed by atoms with Crippen molar-refractivity contribution in [1.29, 1.82) is 0 Å². The number of hydrogen-bond donors (Lipinski definition) is 1. The van der Waals surface area contributed by atoms with Crippen LogP contribution in [0.25, 0.3) is 0 Å². The van der Waals surface area contributed by atoms with Crippen molar-refractivity contribution in [2.45, 2.75) is 64.7 Å². The van der Waals surface area contributed by atoms with E-state index < -0.39 is 0 Å². The topological polar surface area (TPSA) is 79.8 Å². The van der Waals surface area contributed by atoms with Crippen LogP contribution in [0.2, 0.25) is 0 Å². The van der Waals surface area contributed by atoms with Gasteiger partial charge in [-0.3, -0.25) is 0 Å².